The van der Waals surface area contributed by atoms with Crippen LogP contribution in [0.15, 0.2) is 42.5 Å². The molecule has 5 heteroatoms. The molecule has 1 aromatic heterocycles. The van der Waals surface area contributed by atoms with Crippen LogP contribution in [0.3, 0.4) is 0 Å². The van der Waals surface area contributed by atoms with Crippen LogP contribution in [-0.2, 0) is 6.42 Å². The molecule has 25 heavy (non-hydrogen) atoms. The van der Waals surface area contributed by atoms with Gasteiger partial charge in [0.2, 0.25) is 0 Å². The summed E-state index contributed by atoms with van der Waals surface area (Å²) in [5.41, 5.74) is 5.44. The molecule has 0 bridgehead atoms. The van der Waals surface area contributed by atoms with E-state index >= 15 is 0 Å². The van der Waals surface area contributed by atoms with Crippen LogP contribution in [0.2, 0.25) is 0 Å². The summed E-state index contributed by atoms with van der Waals surface area (Å²) in [4.78, 5) is 12.5. The van der Waals surface area contributed by atoms with Crippen LogP contribution in [0.25, 0.3) is 11.3 Å². The van der Waals surface area contributed by atoms with Crippen LogP contribution >= 0.6 is 0 Å². The Bertz CT molecular complexity index is 928. The zero-order valence-electron chi connectivity index (χ0n) is 14.6. The number of phenols is 1. The van der Waals surface area contributed by atoms with Crippen LogP contribution in [0.5, 0.6) is 5.75 Å². The average Bonchev–Trinajstić information content (AvgIpc) is 3.08. The third-order valence-corrected chi connectivity index (χ3v) is 4.21. The molecule has 1 heterocycles. The average molecular weight is 335 g/mol. The minimum absolute atomic E-state index is 0.144. The largest absolute Gasteiger partial charge is 0.507 e. The number of nitrogens with zero attached hydrogens (tertiary/aromatic N) is 1. The lowest BCUT2D eigenvalue weighted by Crippen LogP contribution is -2.13. The highest BCUT2D eigenvalue weighted by atomic mass is 16.3. The second-order valence-electron chi connectivity index (χ2n) is 6.14. The number of hydrogen-bond acceptors (Lipinski definition) is 3. The highest BCUT2D eigenvalue weighted by Gasteiger charge is 2.14. The van der Waals surface area contributed by atoms with E-state index in [4.69, 9.17) is 0 Å². The molecule has 3 N–H and O–H groups in total. The van der Waals surface area contributed by atoms with Gasteiger partial charge in [0.25, 0.3) is 5.91 Å². The van der Waals surface area contributed by atoms with Gasteiger partial charge in [0.1, 0.15) is 11.4 Å². The SMILES string of the molecule is CCc1ccc(O)c(-c2cc(C(=O)Nc3cc(C)ccc3C)[nH]n2)c1. The smallest absolute Gasteiger partial charge is 0.273 e. The van der Waals surface area contributed by atoms with Crippen molar-refractivity contribution in [2.24, 2.45) is 0 Å². The second kappa shape index (κ2) is 6.81. The van der Waals surface area contributed by atoms with E-state index in [0.717, 1.165) is 28.8 Å². The summed E-state index contributed by atoms with van der Waals surface area (Å²) in [5, 5.41) is 19.9. The molecule has 5 nitrogen and oxygen atoms in total. The van der Waals surface area contributed by atoms with Gasteiger partial charge in [-0.05, 0) is 61.2 Å². The zero-order chi connectivity index (χ0) is 18.0. The van der Waals surface area contributed by atoms with Crippen molar-refractivity contribution in [3.63, 3.8) is 0 Å². The molecule has 0 spiro atoms. The third kappa shape index (κ3) is 3.55. The summed E-state index contributed by atoms with van der Waals surface area (Å²) < 4.78 is 0. The number of carbonyl (C=O) groups is 1. The number of aromatic amines is 1. The molecule has 0 unspecified atom stereocenters. The quantitative estimate of drug-likeness (QED) is 0.668. The number of phenolic OH excluding ortho intramolecular Hbond substituents is 1. The van der Waals surface area contributed by atoms with Crippen molar-refractivity contribution in [1.82, 2.24) is 10.2 Å². The summed E-state index contributed by atoms with van der Waals surface area (Å²) in [6, 6.07) is 13.0. The maximum absolute atomic E-state index is 12.5. The van der Waals surface area contributed by atoms with Crippen molar-refractivity contribution in [2.75, 3.05) is 5.32 Å². The lowest BCUT2D eigenvalue weighted by molar-refractivity contribution is 0.102. The van der Waals surface area contributed by atoms with E-state index < -0.39 is 0 Å². The molecule has 3 aromatic rings. The lowest BCUT2D eigenvalue weighted by Gasteiger charge is -2.08. The number of rotatable bonds is 4. The number of aromatic hydroxyl groups is 1. The summed E-state index contributed by atoms with van der Waals surface area (Å²) in [6.07, 6.45) is 0.859. The van der Waals surface area contributed by atoms with E-state index in [2.05, 4.69) is 15.5 Å². The van der Waals surface area contributed by atoms with E-state index in [9.17, 15) is 9.90 Å². The molecule has 2 aromatic carbocycles. The van der Waals surface area contributed by atoms with E-state index in [1.165, 1.54) is 0 Å². The van der Waals surface area contributed by atoms with Gasteiger partial charge in [0.15, 0.2) is 0 Å². The monoisotopic (exact) mass is 335 g/mol. The van der Waals surface area contributed by atoms with Crippen molar-refractivity contribution < 1.29 is 9.90 Å². The standard InChI is InChI=1S/C20H21N3O2/c1-4-14-7-8-19(24)15(10-14)17-11-18(23-22-17)20(25)21-16-9-12(2)5-6-13(16)3/h5-11,24H,4H2,1-3H3,(H,21,25)(H,22,23). The minimum Gasteiger partial charge on any atom is -0.507 e. The van der Waals surface area contributed by atoms with Gasteiger partial charge in [0.05, 0.1) is 5.69 Å². The van der Waals surface area contributed by atoms with Gasteiger partial charge in [-0.1, -0.05) is 25.1 Å². The predicted octanol–water partition coefficient (Wildman–Crippen LogP) is 4.21. The first-order valence-corrected chi connectivity index (χ1v) is 8.24. The highest BCUT2D eigenvalue weighted by molar-refractivity contribution is 6.04. The highest BCUT2D eigenvalue weighted by Crippen LogP contribution is 2.29. The van der Waals surface area contributed by atoms with Crippen LogP contribution < -0.4 is 5.32 Å². The van der Waals surface area contributed by atoms with Crippen molar-refractivity contribution in [3.8, 4) is 17.0 Å². The number of aromatic nitrogens is 2. The van der Waals surface area contributed by atoms with Crippen molar-refractivity contribution >= 4 is 11.6 Å². The predicted molar refractivity (Wildman–Crippen MR) is 98.9 cm³/mol. The molecular formula is C20H21N3O2. The number of anilines is 1. The Morgan fingerprint density at radius 1 is 1.16 bits per heavy atom. The fourth-order valence-electron chi connectivity index (χ4n) is 2.64. The number of H-pyrrole nitrogens is 1. The summed E-state index contributed by atoms with van der Waals surface area (Å²) in [7, 11) is 0. The number of amides is 1. The van der Waals surface area contributed by atoms with Gasteiger partial charge in [-0.15, -0.1) is 0 Å². The van der Waals surface area contributed by atoms with Crippen molar-refractivity contribution in [3.05, 3.63) is 64.8 Å². The van der Waals surface area contributed by atoms with Crippen molar-refractivity contribution in [1.29, 1.82) is 0 Å². The fourth-order valence-corrected chi connectivity index (χ4v) is 2.64. The first kappa shape index (κ1) is 16.8. The molecule has 0 saturated heterocycles. The van der Waals surface area contributed by atoms with Gasteiger partial charge < -0.3 is 10.4 Å². The fraction of sp³-hybridized carbons (Fsp3) is 0.200. The van der Waals surface area contributed by atoms with Crippen LogP contribution in [0, 0.1) is 13.8 Å². The van der Waals surface area contributed by atoms with Crippen LogP contribution in [-0.4, -0.2) is 21.2 Å². The molecule has 0 radical (unpaired) electrons. The maximum atomic E-state index is 12.5. The van der Waals surface area contributed by atoms with Gasteiger partial charge in [-0.25, -0.2) is 0 Å². The van der Waals surface area contributed by atoms with Gasteiger partial charge in [-0.2, -0.15) is 5.10 Å². The van der Waals surface area contributed by atoms with Gasteiger partial charge in [0, 0.05) is 11.3 Å². The molecule has 0 atom stereocenters. The first-order chi connectivity index (χ1) is 12.0. The summed E-state index contributed by atoms with van der Waals surface area (Å²) in [6.45, 7) is 5.97. The maximum Gasteiger partial charge on any atom is 0.273 e. The number of carbonyl (C=O) groups excluding carboxylic acids is 1. The lowest BCUT2D eigenvalue weighted by atomic mass is 10.0. The first-order valence-electron chi connectivity index (χ1n) is 8.24. The zero-order valence-corrected chi connectivity index (χ0v) is 14.6. The Kier molecular flexibility index (Phi) is 4.57. The molecule has 0 saturated carbocycles. The normalized spacial score (nSPS) is 10.7. The minimum atomic E-state index is -0.265. The Labute approximate surface area is 146 Å². The number of aryl methyl sites for hydroxylation is 3. The molecule has 0 aliphatic heterocycles. The molecule has 1 amide bonds. The van der Waals surface area contributed by atoms with Crippen molar-refractivity contribution in [2.45, 2.75) is 27.2 Å². The topological polar surface area (TPSA) is 78.0 Å². The van der Waals surface area contributed by atoms with E-state index in [1.807, 2.05) is 51.1 Å². The number of nitrogens with one attached hydrogen (secondary N) is 2. The second-order valence-corrected chi connectivity index (χ2v) is 6.14. The molecule has 0 fully saturated rings. The molecule has 0 aliphatic carbocycles. The number of benzene rings is 2. The van der Waals surface area contributed by atoms with Gasteiger partial charge in [-0.3, -0.25) is 9.89 Å². The molecular weight excluding hydrogens is 314 g/mol. The molecule has 0 aliphatic rings. The van der Waals surface area contributed by atoms with E-state index in [0.29, 0.717) is 17.0 Å². The summed E-state index contributed by atoms with van der Waals surface area (Å²) in [5.74, 6) is -0.122. The molecule has 3 rings (SSSR count). The Hall–Kier alpha value is -3.08. The Morgan fingerprint density at radius 3 is 2.72 bits per heavy atom. The van der Waals surface area contributed by atoms with Crippen LogP contribution in [0.1, 0.15) is 34.1 Å². The third-order valence-electron chi connectivity index (χ3n) is 4.21. The summed E-state index contributed by atoms with van der Waals surface area (Å²) >= 11 is 0. The number of hydrogen-bond donors (Lipinski definition) is 3. The van der Waals surface area contributed by atoms with Gasteiger partial charge >= 0.3 is 0 Å². The van der Waals surface area contributed by atoms with Crippen LogP contribution in [0.4, 0.5) is 5.69 Å². The Morgan fingerprint density at radius 2 is 1.96 bits per heavy atom. The Balaban J connectivity index is 1.86. The van der Waals surface area contributed by atoms with E-state index in [-0.39, 0.29) is 11.7 Å². The van der Waals surface area contributed by atoms with E-state index in [1.54, 1.807) is 12.1 Å². The molecule has 128 valence electrons.